The topological polar surface area (TPSA) is 96.9 Å². The zero-order valence-corrected chi connectivity index (χ0v) is 13.9. The Kier molecular flexibility index (Phi) is 4.52. The van der Waals surface area contributed by atoms with Crippen LogP contribution in [0.1, 0.15) is 36.2 Å². The Labute approximate surface area is 144 Å². The van der Waals surface area contributed by atoms with Gasteiger partial charge in [-0.1, -0.05) is 30.3 Å². The lowest BCUT2D eigenvalue weighted by Gasteiger charge is -2.15. The first-order valence-corrected chi connectivity index (χ1v) is 8.14. The molecule has 1 amide bonds. The second kappa shape index (κ2) is 6.77. The Morgan fingerprint density at radius 3 is 2.72 bits per heavy atom. The van der Waals surface area contributed by atoms with Crippen molar-refractivity contribution < 1.29 is 4.79 Å². The minimum atomic E-state index is -0.692. The molecule has 1 aromatic carbocycles. The van der Waals surface area contributed by atoms with Crippen molar-refractivity contribution in [2.24, 2.45) is 0 Å². The molecule has 0 saturated heterocycles. The van der Waals surface area contributed by atoms with Crippen molar-refractivity contribution >= 4 is 5.91 Å². The number of hydrogen-bond acceptors (Lipinski definition) is 4. The summed E-state index contributed by atoms with van der Waals surface area (Å²) in [5, 5.41) is 12.0. The van der Waals surface area contributed by atoms with Crippen molar-refractivity contribution in [3.05, 3.63) is 68.0 Å². The molecule has 1 aromatic heterocycles. The third-order valence-corrected chi connectivity index (χ3v) is 4.42. The fourth-order valence-corrected chi connectivity index (χ4v) is 3.14. The Balaban J connectivity index is 1.86. The van der Waals surface area contributed by atoms with Crippen LogP contribution < -0.4 is 16.6 Å². The number of benzene rings is 1. The van der Waals surface area contributed by atoms with E-state index in [-0.39, 0.29) is 11.6 Å². The van der Waals surface area contributed by atoms with Crippen LogP contribution in [0.4, 0.5) is 0 Å². The third kappa shape index (κ3) is 3.11. The number of nitrogens with one attached hydrogen (secondary N) is 1. The fraction of sp³-hybridized carbons (Fsp3) is 0.333. The normalized spacial score (nSPS) is 13.8. The lowest BCUT2D eigenvalue weighted by molar-refractivity contribution is -0.122. The van der Waals surface area contributed by atoms with Crippen LogP contribution in [0.3, 0.4) is 0 Å². The van der Waals surface area contributed by atoms with Crippen molar-refractivity contribution in [1.29, 1.82) is 5.26 Å². The SMILES string of the molecule is C[C@@H](NC(=O)Cn1c(=O)c(C#N)c2n(c1=O)CCC2)c1ccccc1. The van der Waals surface area contributed by atoms with Gasteiger partial charge in [-0.3, -0.25) is 14.2 Å². The standard InChI is InChI=1S/C18H18N4O3/c1-12(13-6-3-2-4-7-13)20-16(23)11-22-17(24)14(10-19)15-8-5-9-21(15)18(22)25/h2-4,6-7,12H,5,8-9,11H2,1H3,(H,20,23)/t12-/m1/s1. The van der Waals surface area contributed by atoms with E-state index in [2.05, 4.69) is 5.32 Å². The summed E-state index contributed by atoms with van der Waals surface area (Å²) in [5.41, 5.74) is 0.140. The van der Waals surface area contributed by atoms with Gasteiger partial charge >= 0.3 is 5.69 Å². The average molecular weight is 338 g/mol. The molecule has 0 unspecified atom stereocenters. The van der Waals surface area contributed by atoms with Gasteiger partial charge in [0.05, 0.1) is 6.04 Å². The van der Waals surface area contributed by atoms with Gasteiger partial charge in [0.2, 0.25) is 5.91 Å². The van der Waals surface area contributed by atoms with Gasteiger partial charge in [0, 0.05) is 12.2 Å². The molecule has 128 valence electrons. The largest absolute Gasteiger partial charge is 0.348 e. The summed E-state index contributed by atoms with van der Waals surface area (Å²) in [6.45, 7) is 1.89. The molecular weight excluding hydrogens is 320 g/mol. The van der Waals surface area contributed by atoms with Gasteiger partial charge in [0.25, 0.3) is 5.56 Å². The zero-order chi connectivity index (χ0) is 18.0. The highest BCUT2D eigenvalue weighted by atomic mass is 16.2. The van der Waals surface area contributed by atoms with Crippen LogP contribution in [0, 0.1) is 11.3 Å². The maximum absolute atomic E-state index is 12.5. The monoisotopic (exact) mass is 338 g/mol. The van der Waals surface area contributed by atoms with E-state index in [9.17, 15) is 19.6 Å². The molecule has 0 bridgehead atoms. The molecule has 0 radical (unpaired) electrons. The Hall–Kier alpha value is -3.14. The number of carbonyl (C=O) groups excluding carboxylic acids is 1. The molecule has 1 N–H and O–H groups in total. The summed E-state index contributed by atoms with van der Waals surface area (Å²) < 4.78 is 2.27. The fourth-order valence-electron chi connectivity index (χ4n) is 3.14. The molecule has 3 rings (SSSR count). The van der Waals surface area contributed by atoms with Gasteiger partial charge in [0.15, 0.2) is 0 Å². The van der Waals surface area contributed by atoms with Crippen LogP contribution in [0.5, 0.6) is 0 Å². The predicted molar refractivity (Wildman–Crippen MR) is 91.0 cm³/mol. The van der Waals surface area contributed by atoms with Crippen molar-refractivity contribution in [3.63, 3.8) is 0 Å². The van der Waals surface area contributed by atoms with Gasteiger partial charge in [-0.05, 0) is 25.3 Å². The molecule has 1 atom stereocenters. The summed E-state index contributed by atoms with van der Waals surface area (Å²) in [7, 11) is 0. The van der Waals surface area contributed by atoms with E-state index in [4.69, 9.17) is 0 Å². The molecular formula is C18H18N4O3. The molecule has 1 aliphatic rings. The van der Waals surface area contributed by atoms with Crippen molar-refractivity contribution in [2.45, 2.75) is 38.9 Å². The highest BCUT2D eigenvalue weighted by molar-refractivity contribution is 5.76. The number of nitrogens with zero attached hydrogens (tertiary/aromatic N) is 3. The van der Waals surface area contributed by atoms with Crippen molar-refractivity contribution in [2.75, 3.05) is 0 Å². The molecule has 0 fully saturated rings. The molecule has 0 saturated carbocycles. The van der Waals surface area contributed by atoms with E-state index >= 15 is 0 Å². The maximum atomic E-state index is 12.5. The number of hydrogen-bond donors (Lipinski definition) is 1. The summed E-state index contributed by atoms with van der Waals surface area (Å²) in [4.78, 5) is 37.2. The Morgan fingerprint density at radius 2 is 2.04 bits per heavy atom. The molecule has 0 spiro atoms. The van der Waals surface area contributed by atoms with Gasteiger partial charge < -0.3 is 5.32 Å². The van der Waals surface area contributed by atoms with Crippen LogP contribution in [-0.4, -0.2) is 15.0 Å². The molecule has 25 heavy (non-hydrogen) atoms. The van der Waals surface area contributed by atoms with Crippen LogP contribution >= 0.6 is 0 Å². The van der Waals surface area contributed by atoms with E-state index in [1.165, 1.54) is 4.57 Å². The molecule has 0 aliphatic carbocycles. The number of amides is 1. The number of rotatable bonds is 4. The molecule has 1 aliphatic heterocycles. The first-order valence-electron chi connectivity index (χ1n) is 8.14. The van der Waals surface area contributed by atoms with Crippen molar-refractivity contribution in [3.8, 4) is 6.07 Å². The van der Waals surface area contributed by atoms with Crippen LogP contribution in [0.15, 0.2) is 39.9 Å². The highest BCUT2D eigenvalue weighted by Gasteiger charge is 2.23. The highest BCUT2D eigenvalue weighted by Crippen LogP contribution is 2.13. The number of carbonyl (C=O) groups is 1. The minimum absolute atomic E-state index is 0.0407. The second-order valence-electron chi connectivity index (χ2n) is 6.06. The van der Waals surface area contributed by atoms with Crippen molar-refractivity contribution in [1.82, 2.24) is 14.5 Å². The lowest BCUT2D eigenvalue weighted by atomic mass is 10.1. The summed E-state index contributed by atoms with van der Waals surface area (Å²) in [6, 6.07) is 11.0. The van der Waals surface area contributed by atoms with Gasteiger partial charge in [-0.15, -0.1) is 0 Å². The van der Waals surface area contributed by atoms with E-state index < -0.39 is 23.7 Å². The average Bonchev–Trinajstić information content (AvgIpc) is 3.09. The summed E-state index contributed by atoms with van der Waals surface area (Å²) in [6.07, 6.45) is 1.25. The second-order valence-corrected chi connectivity index (χ2v) is 6.06. The quantitative estimate of drug-likeness (QED) is 0.887. The Bertz CT molecular complexity index is 967. The molecule has 2 aromatic rings. The number of aromatic nitrogens is 2. The third-order valence-electron chi connectivity index (χ3n) is 4.42. The summed E-state index contributed by atoms with van der Waals surface area (Å²) in [5.74, 6) is -0.446. The Morgan fingerprint density at radius 1 is 1.32 bits per heavy atom. The van der Waals surface area contributed by atoms with E-state index in [1.54, 1.807) is 0 Å². The molecule has 7 heteroatoms. The van der Waals surface area contributed by atoms with Crippen LogP contribution in [0.25, 0.3) is 0 Å². The van der Waals surface area contributed by atoms with E-state index in [0.29, 0.717) is 25.1 Å². The van der Waals surface area contributed by atoms with E-state index in [1.807, 2.05) is 43.3 Å². The lowest BCUT2D eigenvalue weighted by Crippen LogP contribution is -2.45. The smallest absolute Gasteiger partial charge is 0.331 e. The molecule has 7 nitrogen and oxygen atoms in total. The number of fused-ring (bicyclic) bond motifs is 1. The first-order chi connectivity index (χ1) is 12.0. The first kappa shape index (κ1) is 16.7. The van der Waals surface area contributed by atoms with E-state index in [0.717, 1.165) is 10.1 Å². The van der Waals surface area contributed by atoms with Gasteiger partial charge in [-0.25, -0.2) is 9.36 Å². The number of nitriles is 1. The summed E-state index contributed by atoms with van der Waals surface area (Å²) >= 11 is 0. The maximum Gasteiger partial charge on any atom is 0.331 e. The van der Waals surface area contributed by atoms with Crippen LogP contribution in [0.2, 0.25) is 0 Å². The molecule has 2 heterocycles. The minimum Gasteiger partial charge on any atom is -0.348 e. The van der Waals surface area contributed by atoms with Crippen LogP contribution in [-0.2, 0) is 24.3 Å². The van der Waals surface area contributed by atoms with Gasteiger partial charge in [-0.2, -0.15) is 5.26 Å². The predicted octanol–water partition coefficient (Wildman–Crippen LogP) is 0.705. The van der Waals surface area contributed by atoms with Gasteiger partial charge in [0.1, 0.15) is 18.2 Å². The zero-order valence-electron chi connectivity index (χ0n) is 13.9.